The van der Waals surface area contributed by atoms with Crippen LogP contribution in [0.15, 0.2) is 0 Å². The van der Waals surface area contributed by atoms with Gasteiger partial charge in [0.1, 0.15) is 0 Å². The average molecular weight is 311 g/mol. The third-order valence-electron chi connectivity index (χ3n) is 2.57. The SMILES string of the molecule is CCCCCCCCCCCN(C)I. The number of hydrogen-bond acceptors (Lipinski definition) is 1. The maximum Gasteiger partial charge on any atom is 0.0198 e. The van der Waals surface area contributed by atoms with Gasteiger partial charge in [-0.25, -0.2) is 0 Å². The minimum Gasteiger partial charge on any atom is -0.251 e. The van der Waals surface area contributed by atoms with Crippen molar-refractivity contribution in [2.24, 2.45) is 0 Å². The lowest BCUT2D eigenvalue weighted by molar-refractivity contribution is 0.522. The van der Waals surface area contributed by atoms with Crippen LogP contribution in [0.2, 0.25) is 0 Å². The highest BCUT2D eigenvalue weighted by Crippen LogP contribution is 2.10. The van der Waals surface area contributed by atoms with Gasteiger partial charge in [-0.1, -0.05) is 58.3 Å². The Morgan fingerprint density at radius 3 is 1.64 bits per heavy atom. The van der Waals surface area contributed by atoms with E-state index in [9.17, 15) is 0 Å². The van der Waals surface area contributed by atoms with Crippen LogP contribution in [0.5, 0.6) is 0 Å². The van der Waals surface area contributed by atoms with Crippen LogP contribution >= 0.6 is 22.9 Å². The molecule has 2 heteroatoms. The Morgan fingerprint density at radius 1 is 0.786 bits per heavy atom. The molecule has 1 nitrogen and oxygen atoms in total. The first-order valence-corrected chi connectivity index (χ1v) is 7.10. The first kappa shape index (κ1) is 14.7. The fourth-order valence-electron chi connectivity index (χ4n) is 1.64. The van der Waals surface area contributed by atoms with Gasteiger partial charge >= 0.3 is 0 Å². The molecular weight excluding hydrogens is 285 g/mol. The van der Waals surface area contributed by atoms with Crippen LogP contribution in [0.4, 0.5) is 0 Å². The van der Waals surface area contributed by atoms with Crippen LogP contribution < -0.4 is 0 Å². The van der Waals surface area contributed by atoms with E-state index in [4.69, 9.17) is 0 Å². The second kappa shape index (κ2) is 11.8. The fraction of sp³-hybridized carbons (Fsp3) is 1.00. The van der Waals surface area contributed by atoms with Crippen LogP contribution in [0.25, 0.3) is 0 Å². The number of unbranched alkanes of at least 4 members (excludes halogenated alkanes) is 8. The molecule has 0 atom stereocenters. The van der Waals surface area contributed by atoms with Gasteiger partial charge in [0.2, 0.25) is 0 Å². The van der Waals surface area contributed by atoms with Gasteiger partial charge in [-0.3, -0.25) is 3.11 Å². The van der Waals surface area contributed by atoms with Crippen LogP contribution in [0, 0.1) is 0 Å². The summed E-state index contributed by atoms with van der Waals surface area (Å²) in [5, 5.41) is 0. The summed E-state index contributed by atoms with van der Waals surface area (Å²) in [5.74, 6) is 0. The van der Waals surface area contributed by atoms with Crippen molar-refractivity contribution in [1.82, 2.24) is 3.11 Å². The van der Waals surface area contributed by atoms with E-state index in [1.165, 1.54) is 64.3 Å². The summed E-state index contributed by atoms with van der Waals surface area (Å²) >= 11 is 2.36. The summed E-state index contributed by atoms with van der Waals surface area (Å²) < 4.78 is 2.25. The van der Waals surface area contributed by atoms with Crippen molar-refractivity contribution in [3.63, 3.8) is 0 Å². The number of nitrogens with zero attached hydrogens (tertiary/aromatic N) is 1. The zero-order valence-electron chi connectivity index (χ0n) is 9.90. The number of rotatable bonds is 10. The molecule has 0 rings (SSSR count). The molecule has 0 aliphatic heterocycles. The van der Waals surface area contributed by atoms with Gasteiger partial charge in [-0.2, -0.15) is 0 Å². The lowest BCUT2D eigenvalue weighted by atomic mass is 10.1. The van der Waals surface area contributed by atoms with E-state index >= 15 is 0 Å². The molecule has 0 aliphatic rings. The molecule has 0 aromatic rings. The first-order chi connectivity index (χ1) is 6.77. The molecule has 0 radical (unpaired) electrons. The van der Waals surface area contributed by atoms with Gasteiger partial charge in [0, 0.05) is 29.4 Å². The normalized spacial score (nSPS) is 11.1. The highest BCUT2D eigenvalue weighted by molar-refractivity contribution is 14.1. The molecule has 0 aromatic heterocycles. The Labute approximate surface area is 104 Å². The minimum atomic E-state index is 1.25. The molecule has 0 fully saturated rings. The second-order valence-corrected chi connectivity index (χ2v) is 5.80. The van der Waals surface area contributed by atoms with Crippen LogP contribution in [0.1, 0.15) is 64.7 Å². The molecule has 0 aliphatic carbocycles. The molecule has 86 valence electrons. The highest BCUT2D eigenvalue weighted by Gasteiger charge is 1.93. The third kappa shape index (κ3) is 12.7. The quantitative estimate of drug-likeness (QED) is 0.318. The molecule has 14 heavy (non-hydrogen) atoms. The predicted octanol–water partition coefficient (Wildman–Crippen LogP) is 4.80. The second-order valence-electron chi connectivity index (χ2n) is 4.16. The van der Waals surface area contributed by atoms with Crippen LogP contribution in [-0.2, 0) is 0 Å². The molecule has 0 spiro atoms. The van der Waals surface area contributed by atoms with Gasteiger partial charge in [0.25, 0.3) is 0 Å². The van der Waals surface area contributed by atoms with E-state index in [2.05, 4.69) is 39.9 Å². The maximum atomic E-state index is 2.36. The molecule has 0 heterocycles. The van der Waals surface area contributed by atoms with Crippen LogP contribution in [-0.4, -0.2) is 16.7 Å². The van der Waals surface area contributed by atoms with Crippen molar-refractivity contribution >= 4 is 22.9 Å². The molecular formula is C12H26IN. The molecule has 0 bridgehead atoms. The summed E-state index contributed by atoms with van der Waals surface area (Å²) in [6, 6.07) is 0. The number of hydrogen-bond donors (Lipinski definition) is 0. The smallest absolute Gasteiger partial charge is 0.0198 e. The van der Waals surface area contributed by atoms with Gasteiger partial charge in [0.15, 0.2) is 0 Å². The fourth-order valence-corrected chi connectivity index (χ4v) is 1.98. The minimum absolute atomic E-state index is 1.25. The lowest BCUT2D eigenvalue weighted by Crippen LogP contribution is -2.04. The van der Waals surface area contributed by atoms with Crippen molar-refractivity contribution in [1.29, 1.82) is 0 Å². The van der Waals surface area contributed by atoms with Crippen molar-refractivity contribution < 1.29 is 0 Å². The average Bonchev–Trinajstić information content (AvgIpc) is 2.15. The van der Waals surface area contributed by atoms with Gasteiger partial charge in [-0.05, 0) is 13.5 Å². The first-order valence-electron chi connectivity index (χ1n) is 6.14. The number of halogens is 1. The Kier molecular flexibility index (Phi) is 12.3. The maximum absolute atomic E-state index is 2.36. The summed E-state index contributed by atoms with van der Waals surface area (Å²) in [6.07, 6.45) is 12.8. The third-order valence-corrected chi connectivity index (χ3v) is 3.05. The highest BCUT2D eigenvalue weighted by atomic mass is 127. The van der Waals surface area contributed by atoms with E-state index in [-0.39, 0.29) is 0 Å². The van der Waals surface area contributed by atoms with Gasteiger partial charge < -0.3 is 0 Å². The molecule has 0 N–H and O–H groups in total. The Balaban J connectivity index is 2.85. The largest absolute Gasteiger partial charge is 0.251 e. The molecule has 0 aromatic carbocycles. The van der Waals surface area contributed by atoms with Crippen molar-refractivity contribution in [2.75, 3.05) is 13.6 Å². The topological polar surface area (TPSA) is 3.24 Å². The lowest BCUT2D eigenvalue weighted by Gasteiger charge is -2.06. The Hall–Kier alpha value is 0.690. The van der Waals surface area contributed by atoms with Crippen molar-refractivity contribution in [3.8, 4) is 0 Å². The van der Waals surface area contributed by atoms with E-state index < -0.39 is 0 Å². The monoisotopic (exact) mass is 311 g/mol. The summed E-state index contributed by atoms with van der Waals surface area (Å²) in [5.41, 5.74) is 0. The zero-order valence-corrected chi connectivity index (χ0v) is 12.1. The summed E-state index contributed by atoms with van der Waals surface area (Å²) in [6.45, 7) is 3.52. The standard InChI is InChI=1S/C12H26IN/c1-3-4-5-6-7-8-9-10-11-12-14(2)13/h3-12H2,1-2H3. The molecule has 0 saturated heterocycles. The summed E-state index contributed by atoms with van der Waals surface area (Å²) in [7, 11) is 2.14. The van der Waals surface area contributed by atoms with Gasteiger partial charge in [0.05, 0.1) is 0 Å². The predicted molar refractivity (Wildman–Crippen MR) is 73.9 cm³/mol. The van der Waals surface area contributed by atoms with E-state index in [1.54, 1.807) is 0 Å². The Morgan fingerprint density at radius 2 is 1.21 bits per heavy atom. The van der Waals surface area contributed by atoms with Crippen LogP contribution in [0.3, 0.4) is 0 Å². The summed E-state index contributed by atoms with van der Waals surface area (Å²) in [4.78, 5) is 0. The van der Waals surface area contributed by atoms with E-state index in [0.29, 0.717) is 0 Å². The van der Waals surface area contributed by atoms with E-state index in [1.807, 2.05) is 0 Å². The Bertz CT molecular complexity index is 104. The van der Waals surface area contributed by atoms with E-state index in [0.717, 1.165) is 0 Å². The van der Waals surface area contributed by atoms with Crippen molar-refractivity contribution in [3.05, 3.63) is 0 Å². The molecule has 0 amide bonds. The molecule has 0 saturated carbocycles. The molecule has 0 unspecified atom stereocenters. The van der Waals surface area contributed by atoms with Crippen molar-refractivity contribution in [2.45, 2.75) is 64.7 Å². The zero-order chi connectivity index (χ0) is 10.6. The van der Waals surface area contributed by atoms with Gasteiger partial charge in [-0.15, -0.1) is 0 Å².